The van der Waals surface area contributed by atoms with Crippen LogP contribution in [-0.4, -0.2) is 13.3 Å². The molecule has 0 aliphatic heterocycles. The van der Waals surface area contributed by atoms with Crippen molar-refractivity contribution < 1.29 is 9.13 Å². The third-order valence-corrected chi connectivity index (χ3v) is 2.23. The molecule has 0 N–H and O–H groups in total. The van der Waals surface area contributed by atoms with Crippen molar-refractivity contribution in [1.82, 2.24) is 0 Å². The number of rotatable bonds is 4. The van der Waals surface area contributed by atoms with Crippen molar-refractivity contribution in [3.8, 4) is 11.8 Å². The minimum atomic E-state index is -0.468. The van der Waals surface area contributed by atoms with Crippen molar-refractivity contribution >= 4 is 0 Å². The van der Waals surface area contributed by atoms with E-state index in [0.717, 1.165) is 0 Å². The minimum absolute atomic E-state index is 0.264. The van der Waals surface area contributed by atoms with Crippen LogP contribution in [0.4, 0.5) is 4.39 Å². The highest BCUT2D eigenvalue weighted by molar-refractivity contribution is 5.50. The Balaban J connectivity index is 3.17. The van der Waals surface area contributed by atoms with Crippen LogP contribution in [0.15, 0.2) is 18.2 Å². The summed E-state index contributed by atoms with van der Waals surface area (Å²) in [5.41, 5.74) is 1.16. The molecule has 1 unspecified atom stereocenters. The van der Waals surface area contributed by atoms with Gasteiger partial charge in [0.2, 0.25) is 0 Å². The van der Waals surface area contributed by atoms with Crippen molar-refractivity contribution in [3.05, 3.63) is 29.3 Å². The summed E-state index contributed by atoms with van der Waals surface area (Å²) in [5.74, 6) is 0.276. The molecule has 0 aliphatic carbocycles. The van der Waals surface area contributed by atoms with Crippen molar-refractivity contribution in [2.45, 2.75) is 19.8 Å². The van der Waals surface area contributed by atoms with E-state index in [-0.39, 0.29) is 5.92 Å². The average molecular weight is 207 g/mol. The lowest BCUT2D eigenvalue weighted by atomic mass is 9.97. The molecule has 0 saturated carbocycles. The molecule has 1 aromatic rings. The van der Waals surface area contributed by atoms with Crippen LogP contribution in [0.3, 0.4) is 0 Å². The average Bonchev–Trinajstić information content (AvgIpc) is 2.28. The van der Waals surface area contributed by atoms with Gasteiger partial charge >= 0.3 is 0 Å². The van der Waals surface area contributed by atoms with Crippen LogP contribution in [0, 0.1) is 11.3 Å². The summed E-state index contributed by atoms with van der Waals surface area (Å²) in [6.07, 6.45) is 0. The molecule has 1 aromatic carbocycles. The molecule has 0 radical (unpaired) electrons. The number of nitrogens with zero attached hydrogens (tertiary/aromatic N) is 1. The van der Waals surface area contributed by atoms with Crippen LogP contribution in [0.25, 0.3) is 0 Å². The molecule has 2 nitrogen and oxygen atoms in total. The summed E-state index contributed by atoms with van der Waals surface area (Å²) >= 11 is 0. The first kappa shape index (κ1) is 11.5. The van der Waals surface area contributed by atoms with Gasteiger partial charge in [-0.05, 0) is 18.6 Å². The topological polar surface area (TPSA) is 33.0 Å². The fourth-order valence-corrected chi connectivity index (χ4v) is 1.44. The first-order valence-electron chi connectivity index (χ1n) is 4.96. The van der Waals surface area contributed by atoms with Crippen molar-refractivity contribution in [2.24, 2.45) is 0 Å². The van der Waals surface area contributed by atoms with Crippen LogP contribution >= 0.6 is 0 Å². The van der Waals surface area contributed by atoms with Gasteiger partial charge in [0, 0.05) is 5.92 Å². The molecule has 0 spiro atoms. The summed E-state index contributed by atoms with van der Waals surface area (Å²) in [4.78, 5) is 0. The third-order valence-electron chi connectivity index (χ3n) is 2.23. The van der Waals surface area contributed by atoms with Crippen LogP contribution in [0.1, 0.15) is 30.9 Å². The lowest BCUT2D eigenvalue weighted by Gasteiger charge is -2.12. The molecule has 0 bridgehead atoms. The molecule has 0 aliphatic rings. The van der Waals surface area contributed by atoms with Gasteiger partial charge in [-0.1, -0.05) is 19.1 Å². The highest BCUT2D eigenvalue weighted by atomic mass is 19.1. The normalized spacial score (nSPS) is 11.9. The summed E-state index contributed by atoms with van der Waals surface area (Å²) < 4.78 is 17.9. The number of halogens is 1. The molecule has 0 fully saturated rings. The molecule has 0 heterocycles. The Morgan fingerprint density at radius 1 is 1.53 bits per heavy atom. The SMILES string of the molecule is CCOc1cccc(C(C)CF)c1C#N. The number of benzene rings is 1. The van der Waals surface area contributed by atoms with Crippen LogP contribution in [-0.2, 0) is 0 Å². The first-order valence-corrected chi connectivity index (χ1v) is 4.96. The van der Waals surface area contributed by atoms with Gasteiger partial charge in [-0.15, -0.1) is 0 Å². The Labute approximate surface area is 89.3 Å². The number of ether oxygens (including phenoxy) is 1. The largest absolute Gasteiger partial charge is 0.492 e. The third kappa shape index (κ3) is 2.47. The van der Waals surface area contributed by atoms with Crippen molar-refractivity contribution in [3.63, 3.8) is 0 Å². The van der Waals surface area contributed by atoms with Gasteiger partial charge in [-0.25, -0.2) is 0 Å². The van der Waals surface area contributed by atoms with E-state index in [0.29, 0.717) is 23.5 Å². The smallest absolute Gasteiger partial charge is 0.137 e. The van der Waals surface area contributed by atoms with E-state index >= 15 is 0 Å². The van der Waals surface area contributed by atoms with Crippen molar-refractivity contribution in [2.75, 3.05) is 13.3 Å². The van der Waals surface area contributed by atoms with Crippen LogP contribution in [0.2, 0.25) is 0 Å². The summed E-state index contributed by atoms with van der Waals surface area (Å²) in [6.45, 7) is 3.64. The van der Waals surface area contributed by atoms with Gasteiger partial charge < -0.3 is 4.74 Å². The Bertz CT molecular complexity index is 370. The summed E-state index contributed by atoms with van der Waals surface area (Å²) in [7, 11) is 0. The van der Waals surface area contributed by atoms with Gasteiger partial charge in [-0.3, -0.25) is 4.39 Å². The molecule has 15 heavy (non-hydrogen) atoms. The molecule has 1 atom stereocenters. The predicted octanol–water partition coefficient (Wildman–Crippen LogP) is 3.03. The number of nitriles is 1. The maximum absolute atomic E-state index is 12.6. The Morgan fingerprint density at radius 3 is 2.80 bits per heavy atom. The van der Waals surface area contributed by atoms with Crippen LogP contribution in [0.5, 0.6) is 5.75 Å². The molecule has 3 heteroatoms. The Kier molecular flexibility index (Phi) is 4.11. The second-order valence-corrected chi connectivity index (χ2v) is 3.32. The second-order valence-electron chi connectivity index (χ2n) is 3.32. The van der Waals surface area contributed by atoms with E-state index in [1.807, 2.05) is 6.92 Å². The van der Waals surface area contributed by atoms with E-state index in [1.165, 1.54) is 0 Å². The fourth-order valence-electron chi connectivity index (χ4n) is 1.44. The van der Waals surface area contributed by atoms with Gasteiger partial charge in [0.25, 0.3) is 0 Å². The zero-order valence-electron chi connectivity index (χ0n) is 8.96. The summed E-state index contributed by atoms with van der Waals surface area (Å²) in [6, 6.07) is 7.36. The van der Waals surface area contributed by atoms with Gasteiger partial charge in [-0.2, -0.15) is 5.26 Å². The Hall–Kier alpha value is -1.56. The van der Waals surface area contributed by atoms with E-state index in [2.05, 4.69) is 6.07 Å². The zero-order chi connectivity index (χ0) is 11.3. The van der Waals surface area contributed by atoms with E-state index in [9.17, 15) is 4.39 Å². The van der Waals surface area contributed by atoms with Crippen molar-refractivity contribution in [1.29, 1.82) is 5.26 Å². The quantitative estimate of drug-likeness (QED) is 0.760. The van der Waals surface area contributed by atoms with E-state index < -0.39 is 6.67 Å². The fraction of sp³-hybridized carbons (Fsp3) is 0.417. The molecule has 0 saturated heterocycles. The number of alkyl halides is 1. The zero-order valence-corrected chi connectivity index (χ0v) is 8.96. The monoisotopic (exact) mass is 207 g/mol. The standard InChI is InChI=1S/C12H14FNO/c1-3-15-12-6-4-5-10(9(2)7-13)11(12)8-14/h4-6,9H,3,7H2,1-2H3. The van der Waals surface area contributed by atoms with Gasteiger partial charge in [0.15, 0.2) is 0 Å². The molecular formula is C12H14FNO. The Morgan fingerprint density at radius 2 is 2.27 bits per heavy atom. The van der Waals surface area contributed by atoms with E-state index in [1.54, 1.807) is 25.1 Å². The van der Waals surface area contributed by atoms with Crippen LogP contribution < -0.4 is 4.74 Å². The first-order chi connectivity index (χ1) is 7.24. The molecular weight excluding hydrogens is 193 g/mol. The summed E-state index contributed by atoms with van der Waals surface area (Å²) in [5, 5.41) is 9.02. The molecule has 0 aromatic heterocycles. The highest BCUT2D eigenvalue weighted by Gasteiger charge is 2.14. The maximum atomic E-state index is 12.6. The number of hydrogen-bond acceptors (Lipinski definition) is 2. The molecule has 0 amide bonds. The van der Waals surface area contributed by atoms with Gasteiger partial charge in [0.05, 0.1) is 18.8 Å². The van der Waals surface area contributed by atoms with Gasteiger partial charge in [0.1, 0.15) is 11.8 Å². The lowest BCUT2D eigenvalue weighted by Crippen LogP contribution is -2.02. The second kappa shape index (κ2) is 5.35. The number of hydrogen-bond donors (Lipinski definition) is 0. The predicted molar refractivity (Wildman–Crippen MR) is 56.7 cm³/mol. The maximum Gasteiger partial charge on any atom is 0.137 e. The van der Waals surface area contributed by atoms with E-state index in [4.69, 9.17) is 10.00 Å². The molecule has 80 valence electrons. The lowest BCUT2D eigenvalue weighted by molar-refractivity contribution is 0.338. The minimum Gasteiger partial charge on any atom is -0.492 e. The molecule has 1 rings (SSSR count). The highest BCUT2D eigenvalue weighted by Crippen LogP contribution is 2.27.